The van der Waals surface area contributed by atoms with Gasteiger partial charge in [-0.1, -0.05) is 36.9 Å². The van der Waals surface area contributed by atoms with E-state index in [0.29, 0.717) is 11.6 Å². The van der Waals surface area contributed by atoms with Crippen LogP contribution in [0.3, 0.4) is 0 Å². The molecule has 1 fully saturated rings. The van der Waals surface area contributed by atoms with Gasteiger partial charge in [0.1, 0.15) is 11.9 Å². The molecule has 0 bridgehead atoms. The predicted octanol–water partition coefficient (Wildman–Crippen LogP) is 5.16. The number of para-hydroxylation sites is 1. The smallest absolute Gasteiger partial charge is 0.247 e. The van der Waals surface area contributed by atoms with Gasteiger partial charge in [-0.05, 0) is 48.0 Å². The van der Waals surface area contributed by atoms with Gasteiger partial charge in [-0.3, -0.25) is 9.59 Å². The number of piperidine rings is 1. The third-order valence-corrected chi connectivity index (χ3v) is 6.28. The summed E-state index contributed by atoms with van der Waals surface area (Å²) in [6.45, 7) is 4.95. The van der Waals surface area contributed by atoms with Crippen LogP contribution in [0.5, 0.6) is 5.75 Å². The van der Waals surface area contributed by atoms with Crippen LogP contribution < -0.4 is 15.4 Å². The average molecular weight is 494 g/mol. The Morgan fingerprint density at radius 3 is 2.57 bits per heavy atom. The van der Waals surface area contributed by atoms with Crippen molar-refractivity contribution < 1.29 is 14.3 Å². The number of carbonyl (C=O) groups excluding carboxylic acids is 2. The number of anilines is 3. The lowest BCUT2D eigenvalue weighted by molar-refractivity contribution is -0.119. The molecule has 1 aliphatic heterocycles. The van der Waals surface area contributed by atoms with Crippen LogP contribution in [0.4, 0.5) is 17.3 Å². The highest BCUT2D eigenvalue weighted by atomic mass is 16.5. The van der Waals surface area contributed by atoms with E-state index in [4.69, 9.17) is 9.72 Å². The number of ether oxygens (including phenoxy) is 1. The Balaban J connectivity index is 1.32. The van der Waals surface area contributed by atoms with Gasteiger partial charge in [-0.25, -0.2) is 9.97 Å². The Labute approximate surface area is 215 Å². The Bertz CT molecular complexity index is 1430. The lowest BCUT2D eigenvalue weighted by Crippen LogP contribution is -2.37. The number of benzene rings is 3. The van der Waals surface area contributed by atoms with Crippen molar-refractivity contribution in [1.82, 2.24) is 14.9 Å². The number of aromatic nitrogens is 2. The lowest BCUT2D eigenvalue weighted by atomic mass is 10.0. The van der Waals surface area contributed by atoms with Crippen molar-refractivity contribution in [3.05, 3.63) is 85.6 Å². The van der Waals surface area contributed by atoms with Gasteiger partial charge in [-0.15, -0.1) is 0 Å². The minimum absolute atomic E-state index is 0.112. The van der Waals surface area contributed by atoms with E-state index in [-0.39, 0.29) is 12.0 Å². The average Bonchev–Trinajstić information content (AvgIpc) is 2.94. The second-order valence-electron chi connectivity index (χ2n) is 8.82. The molecule has 0 atom stereocenters. The van der Waals surface area contributed by atoms with Gasteiger partial charge in [0, 0.05) is 54.5 Å². The normalized spacial score (nSPS) is 13.7. The van der Waals surface area contributed by atoms with Gasteiger partial charge < -0.3 is 20.3 Å². The van der Waals surface area contributed by atoms with E-state index < -0.39 is 0 Å². The summed E-state index contributed by atoms with van der Waals surface area (Å²) in [7, 11) is 0. The zero-order valence-corrected chi connectivity index (χ0v) is 20.3. The van der Waals surface area contributed by atoms with E-state index in [1.165, 1.54) is 6.08 Å². The van der Waals surface area contributed by atoms with E-state index in [2.05, 4.69) is 22.2 Å². The highest BCUT2D eigenvalue weighted by Crippen LogP contribution is 2.30. The Morgan fingerprint density at radius 1 is 1.03 bits per heavy atom. The molecule has 2 heterocycles. The molecule has 0 saturated carbocycles. The van der Waals surface area contributed by atoms with E-state index in [1.807, 2.05) is 66.7 Å². The number of fused-ring (bicyclic) bond motifs is 1. The second kappa shape index (κ2) is 10.9. The van der Waals surface area contributed by atoms with Gasteiger partial charge >= 0.3 is 0 Å². The molecule has 2 N–H and O–H groups in total. The van der Waals surface area contributed by atoms with Crippen LogP contribution in [0.15, 0.2) is 85.6 Å². The molecule has 0 spiro atoms. The highest BCUT2D eigenvalue weighted by Gasteiger charge is 2.19. The topological polar surface area (TPSA) is 96.5 Å². The number of hydrogen-bond donors (Lipinski definition) is 2. The minimum atomic E-state index is -0.261. The summed E-state index contributed by atoms with van der Waals surface area (Å²) in [6.07, 6.45) is 5.70. The van der Waals surface area contributed by atoms with Gasteiger partial charge in [-0.2, -0.15) is 0 Å². The maximum atomic E-state index is 11.7. The first-order chi connectivity index (χ1) is 18.1. The van der Waals surface area contributed by atoms with Crippen molar-refractivity contribution >= 4 is 40.5 Å². The molecular weight excluding hydrogens is 466 g/mol. The number of nitrogens with one attached hydrogen (secondary N) is 2. The summed E-state index contributed by atoms with van der Waals surface area (Å²) < 4.78 is 6.08. The molecule has 1 aromatic heterocycles. The Morgan fingerprint density at radius 2 is 1.81 bits per heavy atom. The van der Waals surface area contributed by atoms with E-state index >= 15 is 0 Å². The molecule has 0 radical (unpaired) electrons. The van der Waals surface area contributed by atoms with Crippen LogP contribution in [0.2, 0.25) is 0 Å². The molecule has 8 heteroatoms. The SMILES string of the molecule is C=CC(=O)Nc1cccc(-c2cccc3cnc(Nc4ccc(OC5CCN(C=O)CC5)cc4)nc23)c1. The number of nitrogens with zero attached hydrogens (tertiary/aromatic N) is 3. The van der Waals surface area contributed by atoms with E-state index in [0.717, 1.165) is 65.8 Å². The first-order valence-corrected chi connectivity index (χ1v) is 12.1. The Hall–Kier alpha value is -4.72. The highest BCUT2D eigenvalue weighted by molar-refractivity contribution is 6.00. The first kappa shape index (κ1) is 24.0. The fraction of sp³-hybridized carbons (Fsp3) is 0.172. The molecule has 4 aromatic rings. The fourth-order valence-corrected chi connectivity index (χ4v) is 4.34. The van der Waals surface area contributed by atoms with Crippen LogP contribution in [-0.4, -0.2) is 46.4 Å². The molecule has 0 aliphatic carbocycles. The number of rotatable bonds is 8. The molecular formula is C29H27N5O3. The maximum Gasteiger partial charge on any atom is 0.247 e. The molecule has 0 unspecified atom stereocenters. The number of carbonyl (C=O) groups is 2. The predicted molar refractivity (Wildman–Crippen MR) is 145 cm³/mol. The van der Waals surface area contributed by atoms with Crippen molar-refractivity contribution in [2.75, 3.05) is 23.7 Å². The summed E-state index contributed by atoms with van der Waals surface area (Å²) >= 11 is 0. The molecule has 5 rings (SSSR count). The van der Waals surface area contributed by atoms with Gasteiger partial charge in [0.2, 0.25) is 18.3 Å². The van der Waals surface area contributed by atoms with Crippen molar-refractivity contribution in [2.24, 2.45) is 0 Å². The van der Waals surface area contributed by atoms with Crippen LogP contribution in [0.1, 0.15) is 12.8 Å². The maximum absolute atomic E-state index is 11.7. The summed E-state index contributed by atoms with van der Waals surface area (Å²) in [5, 5.41) is 6.98. The largest absolute Gasteiger partial charge is 0.490 e. The van der Waals surface area contributed by atoms with Crippen LogP contribution in [0.25, 0.3) is 22.0 Å². The lowest BCUT2D eigenvalue weighted by Gasteiger charge is -2.29. The summed E-state index contributed by atoms with van der Waals surface area (Å²) in [6, 6.07) is 21.3. The monoisotopic (exact) mass is 493 g/mol. The quantitative estimate of drug-likeness (QED) is 0.260. The van der Waals surface area contributed by atoms with Crippen LogP contribution in [-0.2, 0) is 9.59 Å². The van der Waals surface area contributed by atoms with Crippen LogP contribution >= 0.6 is 0 Å². The summed E-state index contributed by atoms with van der Waals surface area (Å²) in [4.78, 5) is 33.7. The van der Waals surface area contributed by atoms with Gasteiger partial charge in [0.05, 0.1) is 5.52 Å². The van der Waals surface area contributed by atoms with Gasteiger partial charge in [0.25, 0.3) is 0 Å². The Kier molecular flexibility index (Phi) is 7.07. The number of likely N-dealkylation sites (tertiary alicyclic amines) is 1. The standard InChI is InChI=1S/C29H27N5O3/c1-2-27(36)31-23-7-3-5-20(17-23)26-8-4-6-21-18-30-29(33-28(21)26)32-22-9-11-24(12-10-22)37-25-13-15-34(19-35)16-14-25/h2-12,17-19,25H,1,13-16H2,(H,31,36)(H,30,32,33). The molecule has 8 nitrogen and oxygen atoms in total. The third-order valence-electron chi connectivity index (χ3n) is 6.28. The molecule has 3 aromatic carbocycles. The zero-order chi connectivity index (χ0) is 25.6. The molecule has 1 saturated heterocycles. The third kappa shape index (κ3) is 5.75. The summed E-state index contributed by atoms with van der Waals surface area (Å²) in [5.41, 5.74) is 4.19. The van der Waals surface area contributed by atoms with E-state index in [9.17, 15) is 9.59 Å². The van der Waals surface area contributed by atoms with Crippen LogP contribution in [0, 0.1) is 0 Å². The van der Waals surface area contributed by atoms with Gasteiger partial charge in [0.15, 0.2) is 0 Å². The fourth-order valence-electron chi connectivity index (χ4n) is 4.34. The molecule has 186 valence electrons. The molecule has 1 aliphatic rings. The summed E-state index contributed by atoms with van der Waals surface area (Å²) in [5.74, 6) is 1.01. The number of amides is 2. The second-order valence-corrected chi connectivity index (χ2v) is 8.82. The number of hydrogen-bond acceptors (Lipinski definition) is 6. The van der Waals surface area contributed by atoms with Crippen molar-refractivity contribution in [3.63, 3.8) is 0 Å². The van der Waals surface area contributed by atoms with Crippen molar-refractivity contribution in [3.8, 4) is 16.9 Å². The van der Waals surface area contributed by atoms with Crippen molar-refractivity contribution in [1.29, 1.82) is 0 Å². The zero-order valence-electron chi connectivity index (χ0n) is 20.3. The van der Waals surface area contributed by atoms with E-state index in [1.54, 1.807) is 11.1 Å². The van der Waals surface area contributed by atoms with Crippen molar-refractivity contribution in [2.45, 2.75) is 18.9 Å². The molecule has 2 amide bonds. The first-order valence-electron chi connectivity index (χ1n) is 12.1. The minimum Gasteiger partial charge on any atom is -0.490 e. The molecule has 37 heavy (non-hydrogen) atoms.